The lowest BCUT2D eigenvalue weighted by Gasteiger charge is -2.17. The monoisotopic (exact) mass is 364 g/mol. The number of nitrogens with one attached hydrogen (secondary N) is 1. The fourth-order valence-electron chi connectivity index (χ4n) is 3.12. The lowest BCUT2D eigenvalue weighted by Crippen LogP contribution is -2.35. The molecule has 1 saturated carbocycles. The van der Waals surface area contributed by atoms with Gasteiger partial charge in [0.2, 0.25) is 0 Å². The van der Waals surface area contributed by atoms with Crippen LogP contribution in [0.15, 0.2) is 35.3 Å². The van der Waals surface area contributed by atoms with Crippen molar-refractivity contribution in [1.29, 1.82) is 0 Å². The van der Waals surface area contributed by atoms with Gasteiger partial charge in [-0.3, -0.25) is 9.67 Å². The lowest BCUT2D eigenvalue weighted by atomic mass is 10.1. The highest BCUT2D eigenvalue weighted by atomic mass is 79.9. The Labute approximate surface area is 138 Å². The molecule has 0 spiro atoms. The maximum Gasteiger partial charge on any atom is 0.0696 e. The van der Waals surface area contributed by atoms with Gasteiger partial charge in [0.25, 0.3) is 0 Å². The highest BCUT2D eigenvalue weighted by molar-refractivity contribution is 9.10. The van der Waals surface area contributed by atoms with Gasteiger partial charge >= 0.3 is 0 Å². The molecule has 0 bridgehead atoms. The Hall–Kier alpha value is -1.24. The molecule has 2 aromatic rings. The second kappa shape index (κ2) is 6.89. The predicted octanol–water partition coefficient (Wildman–Crippen LogP) is 2.28. The van der Waals surface area contributed by atoms with E-state index in [1.54, 1.807) is 6.20 Å². The summed E-state index contributed by atoms with van der Waals surface area (Å²) in [6, 6.07) is 2.07. The molecular weight excluding hydrogens is 344 g/mol. The summed E-state index contributed by atoms with van der Waals surface area (Å²) in [7, 11) is 0. The summed E-state index contributed by atoms with van der Waals surface area (Å²) in [6.07, 6.45) is 8.97. The standard InChI is InChI=1S/C16H21BrN4O/c1-11-13(7-18-9-14(11)17)8-19-15-5-12(6-16(15)22)10-21-4-2-3-20-21/h2-4,7,9,12,15-16,19,22H,5-6,8,10H2,1H3/t12?,15-,16-/m1/s1. The number of rotatable bonds is 5. The Bertz CT molecular complexity index is 617. The molecule has 6 heteroatoms. The number of aliphatic hydroxyl groups is 1. The van der Waals surface area contributed by atoms with Gasteiger partial charge in [0, 0.05) is 48.4 Å². The molecule has 0 amide bonds. The van der Waals surface area contributed by atoms with Gasteiger partial charge in [0.05, 0.1) is 6.10 Å². The van der Waals surface area contributed by atoms with E-state index in [0.717, 1.165) is 36.0 Å². The topological polar surface area (TPSA) is 63.0 Å². The minimum Gasteiger partial charge on any atom is -0.391 e. The zero-order valence-electron chi connectivity index (χ0n) is 12.6. The first-order chi connectivity index (χ1) is 10.6. The summed E-state index contributed by atoms with van der Waals surface area (Å²) in [6.45, 7) is 3.68. The van der Waals surface area contributed by atoms with E-state index < -0.39 is 0 Å². The predicted molar refractivity (Wildman–Crippen MR) is 88.3 cm³/mol. The van der Waals surface area contributed by atoms with E-state index >= 15 is 0 Å². The second-order valence-corrected chi connectivity index (χ2v) is 6.88. The third-order valence-corrected chi connectivity index (χ3v) is 5.24. The molecule has 1 aliphatic carbocycles. The quantitative estimate of drug-likeness (QED) is 0.854. The fraction of sp³-hybridized carbons (Fsp3) is 0.500. The van der Waals surface area contributed by atoms with Crippen LogP contribution in [0.2, 0.25) is 0 Å². The molecule has 2 aromatic heterocycles. The Balaban J connectivity index is 1.55. The van der Waals surface area contributed by atoms with Gasteiger partial charge in [0.15, 0.2) is 0 Å². The van der Waals surface area contributed by atoms with Gasteiger partial charge in [-0.05, 0) is 58.8 Å². The summed E-state index contributed by atoms with van der Waals surface area (Å²) in [5, 5.41) is 18.0. The third kappa shape index (κ3) is 3.56. The van der Waals surface area contributed by atoms with E-state index in [1.807, 2.05) is 29.3 Å². The van der Waals surface area contributed by atoms with Crippen molar-refractivity contribution in [3.8, 4) is 0 Å². The maximum absolute atomic E-state index is 10.3. The van der Waals surface area contributed by atoms with Crippen LogP contribution in [0.4, 0.5) is 0 Å². The highest BCUT2D eigenvalue weighted by Crippen LogP contribution is 2.28. The van der Waals surface area contributed by atoms with Crippen molar-refractivity contribution in [2.75, 3.05) is 0 Å². The molecule has 5 nitrogen and oxygen atoms in total. The highest BCUT2D eigenvalue weighted by Gasteiger charge is 2.32. The normalized spacial score (nSPS) is 24.8. The smallest absolute Gasteiger partial charge is 0.0696 e. The Kier molecular flexibility index (Phi) is 4.90. The van der Waals surface area contributed by atoms with Crippen molar-refractivity contribution < 1.29 is 5.11 Å². The number of aromatic nitrogens is 3. The Morgan fingerprint density at radius 1 is 1.41 bits per heavy atom. The van der Waals surface area contributed by atoms with E-state index in [0.29, 0.717) is 5.92 Å². The molecule has 2 heterocycles. The number of aliphatic hydroxyl groups excluding tert-OH is 1. The van der Waals surface area contributed by atoms with Crippen molar-refractivity contribution >= 4 is 15.9 Å². The number of nitrogens with zero attached hydrogens (tertiary/aromatic N) is 3. The van der Waals surface area contributed by atoms with Gasteiger partial charge in [-0.25, -0.2) is 0 Å². The third-order valence-electron chi connectivity index (χ3n) is 4.44. The van der Waals surface area contributed by atoms with E-state index in [2.05, 4.69) is 38.3 Å². The van der Waals surface area contributed by atoms with Crippen LogP contribution in [0.1, 0.15) is 24.0 Å². The van der Waals surface area contributed by atoms with Crippen molar-refractivity contribution in [2.45, 2.75) is 45.0 Å². The fourth-order valence-corrected chi connectivity index (χ4v) is 3.49. The van der Waals surface area contributed by atoms with Gasteiger partial charge < -0.3 is 10.4 Å². The minimum absolute atomic E-state index is 0.138. The van der Waals surface area contributed by atoms with E-state index in [1.165, 1.54) is 5.56 Å². The van der Waals surface area contributed by atoms with Crippen LogP contribution in [-0.2, 0) is 13.1 Å². The van der Waals surface area contributed by atoms with E-state index in [-0.39, 0.29) is 12.1 Å². The molecule has 1 aliphatic rings. The molecule has 1 unspecified atom stereocenters. The molecular formula is C16H21BrN4O. The number of pyridine rings is 1. The Morgan fingerprint density at radius 3 is 3.05 bits per heavy atom. The minimum atomic E-state index is -0.291. The molecule has 1 fully saturated rings. The molecule has 118 valence electrons. The van der Waals surface area contributed by atoms with Crippen LogP contribution in [0.5, 0.6) is 0 Å². The largest absolute Gasteiger partial charge is 0.391 e. The average Bonchev–Trinajstić information content (AvgIpc) is 3.11. The van der Waals surface area contributed by atoms with Crippen LogP contribution in [0.25, 0.3) is 0 Å². The summed E-state index contributed by atoms with van der Waals surface area (Å²) >= 11 is 3.50. The zero-order valence-corrected chi connectivity index (χ0v) is 14.2. The van der Waals surface area contributed by atoms with Crippen molar-refractivity contribution in [2.24, 2.45) is 5.92 Å². The summed E-state index contributed by atoms with van der Waals surface area (Å²) < 4.78 is 2.97. The van der Waals surface area contributed by atoms with Crippen molar-refractivity contribution in [1.82, 2.24) is 20.1 Å². The van der Waals surface area contributed by atoms with E-state index in [4.69, 9.17) is 0 Å². The first kappa shape index (κ1) is 15.6. The van der Waals surface area contributed by atoms with Crippen LogP contribution in [-0.4, -0.2) is 32.0 Å². The zero-order chi connectivity index (χ0) is 15.5. The van der Waals surface area contributed by atoms with Crippen LogP contribution < -0.4 is 5.32 Å². The number of hydrogen-bond donors (Lipinski definition) is 2. The molecule has 0 radical (unpaired) electrons. The molecule has 22 heavy (non-hydrogen) atoms. The van der Waals surface area contributed by atoms with Crippen molar-refractivity contribution in [3.05, 3.63) is 46.5 Å². The van der Waals surface area contributed by atoms with Crippen molar-refractivity contribution in [3.63, 3.8) is 0 Å². The molecule has 0 aromatic carbocycles. The molecule has 3 atom stereocenters. The molecule has 0 saturated heterocycles. The average molecular weight is 365 g/mol. The molecule has 3 rings (SSSR count). The van der Waals surface area contributed by atoms with E-state index in [9.17, 15) is 5.11 Å². The van der Waals surface area contributed by atoms with Crippen LogP contribution in [0, 0.1) is 12.8 Å². The van der Waals surface area contributed by atoms with Gasteiger partial charge in [-0.15, -0.1) is 0 Å². The van der Waals surface area contributed by atoms with Gasteiger partial charge in [-0.2, -0.15) is 5.10 Å². The molecule has 0 aliphatic heterocycles. The first-order valence-electron chi connectivity index (χ1n) is 7.61. The SMILES string of the molecule is Cc1c(Br)cncc1CN[C@@H]1CC(Cn2cccn2)C[C@H]1O. The number of hydrogen-bond acceptors (Lipinski definition) is 4. The maximum atomic E-state index is 10.3. The van der Waals surface area contributed by atoms with Crippen LogP contribution >= 0.6 is 15.9 Å². The first-order valence-corrected chi connectivity index (χ1v) is 8.40. The Morgan fingerprint density at radius 2 is 2.27 bits per heavy atom. The summed E-state index contributed by atoms with van der Waals surface area (Å²) in [5.41, 5.74) is 2.36. The number of halogens is 1. The second-order valence-electron chi connectivity index (χ2n) is 6.03. The summed E-state index contributed by atoms with van der Waals surface area (Å²) in [5.74, 6) is 0.467. The van der Waals surface area contributed by atoms with Crippen LogP contribution in [0.3, 0.4) is 0 Å². The summed E-state index contributed by atoms with van der Waals surface area (Å²) in [4.78, 5) is 4.21. The molecule has 2 N–H and O–H groups in total. The lowest BCUT2D eigenvalue weighted by molar-refractivity contribution is 0.145. The van der Waals surface area contributed by atoms with Gasteiger partial charge in [-0.1, -0.05) is 0 Å². The van der Waals surface area contributed by atoms with Gasteiger partial charge in [0.1, 0.15) is 0 Å².